The minimum Gasteiger partial charge on any atom is -0.381 e. The average Bonchev–Trinajstić information content (AvgIpc) is 2.29. The van der Waals surface area contributed by atoms with E-state index in [-0.39, 0.29) is 0 Å². The molecule has 1 rings (SSSR count). The Bertz CT molecular complexity index is 241. The summed E-state index contributed by atoms with van der Waals surface area (Å²) >= 11 is 0. The van der Waals surface area contributed by atoms with Crippen molar-refractivity contribution >= 4 is 5.82 Å². The number of unbranched alkanes of at least 4 members (excludes halogenated alkanes) is 1. The van der Waals surface area contributed by atoms with Crippen molar-refractivity contribution < 1.29 is 4.74 Å². The molecule has 1 N–H and O–H groups in total. The SMILES string of the molecule is CCCCOCCCNc1ccncn1. The molecule has 84 valence electrons. The lowest BCUT2D eigenvalue weighted by Crippen LogP contribution is -2.07. The van der Waals surface area contributed by atoms with E-state index in [4.69, 9.17) is 4.74 Å². The summed E-state index contributed by atoms with van der Waals surface area (Å²) in [5.41, 5.74) is 0. The molecule has 0 unspecified atom stereocenters. The van der Waals surface area contributed by atoms with E-state index in [1.807, 2.05) is 6.07 Å². The van der Waals surface area contributed by atoms with Gasteiger partial charge in [0.05, 0.1) is 0 Å². The Hall–Kier alpha value is -1.16. The van der Waals surface area contributed by atoms with Crippen LogP contribution in [-0.2, 0) is 4.74 Å². The zero-order valence-corrected chi connectivity index (χ0v) is 9.28. The quantitative estimate of drug-likeness (QED) is 0.666. The Kier molecular flexibility index (Phi) is 6.49. The fourth-order valence-corrected chi connectivity index (χ4v) is 1.13. The third kappa shape index (κ3) is 6.01. The van der Waals surface area contributed by atoms with Crippen molar-refractivity contribution in [1.82, 2.24) is 9.97 Å². The molecule has 0 aromatic carbocycles. The van der Waals surface area contributed by atoms with E-state index in [0.717, 1.165) is 38.4 Å². The summed E-state index contributed by atoms with van der Waals surface area (Å²) < 4.78 is 5.44. The predicted molar refractivity (Wildman–Crippen MR) is 60.9 cm³/mol. The molecule has 0 spiro atoms. The van der Waals surface area contributed by atoms with E-state index < -0.39 is 0 Å². The van der Waals surface area contributed by atoms with Crippen LogP contribution in [0.5, 0.6) is 0 Å². The van der Waals surface area contributed by atoms with E-state index >= 15 is 0 Å². The molecule has 0 atom stereocenters. The summed E-state index contributed by atoms with van der Waals surface area (Å²) in [6, 6.07) is 1.86. The molecule has 1 aromatic heterocycles. The molecule has 0 aliphatic rings. The number of nitrogens with zero attached hydrogens (tertiary/aromatic N) is 2. The molecule has 0 radical (unpaired) electrons. The molecule has 0 amide bonds. The first kappa shape index (κ1) is 11.9. The fraction of sp³-hybridized carbons (Fsp3) is 0.636. The lowest BCUT2D eigenvalue weighted by Gasteiger charge is -2.05. The number of rotatable bonds is 8. The van der Waals surface area contributed by atoms with Crippen LogP contribution in [0.25, 0.3) is 0 Å². The van der Waals surface area contributed by atoms with Crippen LogP contribution in [0.1, 0.15) is 26.2 Å². The highest BCUT2D eigenvalue weighted by atomic mass is 16.5. The normalized spacial score (nSPS) is 10.2. The van der Waals surface area contributed by atoms with E-state index in [9.17, 15) is 0 Å². The van der Waals surface area contributed by atoms with Gasteiger partial charge in [-0.15, -0.1) is 0 Å². The minimum absolute atomic E-state index is 0.818. The average molecular weight is 209 g/mol. The standard InChI is InChI=1S/C11H19N3O/c1-2-3-8-15-9-4-6-13-11-5-7-12-10-14-11/h5,7,10H,2-4,6,8-9H2,1H3,(H,12,13,14). The lowest BCUT2D eigenvalue weighted by atomic mass is 10.3. The van der Waals surface area contributed by atoms with E-state index in [0.29, 0.717) is 0 Å². The van der Waals surface area contributed by atoms with Gasteiger partial charge in [-0.3, -0.25) is 0 Å². The minimum atomic E-state index is 0.818. The van der Waals surface area contributed by atoms with Crippen LogP contribution in [-0.4, -0.2) is 29.7 Å². The number of hydrogen-bond donors (Lipinski definition) is 1. The van der Waals surface area contributed by atoms with Crippen molar-refractivity contribution in [2.24, 2.45) is 0 Å². The van der Waals surface area contributed by atoms with Crippen LogP contribution in [0.2, 0.25) is 0 Å². The topological polar surface area (TPSA) is 47.0 Å². The van der Waals surface area contributed by atoms with Crippen molar-refractivity contribution in [1.29, 1.82) is 0 Å². The second kappa shape index (κ2) is 8.17. The maximum absolute atomic E-state index is 5.44. The van der Waals surface area contributed by atoms with Gasteiger partial charge in [0.2, 0.25) is 0 Å². The summed E-state index contributed by atoms with van der Waals surface area (Å²) in [6.45, 7) is 4.76. The number of aromatic nitrogens is 2. The van der Waals surface area contributed by atoms with E-state index in [1.165, 1.54) is 6.42 Å². The Morgan fingerprint density at radius 2 is 2.20 bits per heavy atom. The van der Waals surface area contributed by atoms with Gasteiger partial charge < -0.3 is 10.1 Å². The molecule has 0 saturated heterocycles. The molecule has 4 nitrogen and oxygen atoms in total. The number of hydrogen-bond acceptors (Lipinski definition) is 4. The Morgan fingerprint density at radius 3 is 2.93 bits per heavy atom. The molecule has 0 aliphatic heterocycles. The van der Waals surface area contributed by atoms with Gasteiger partial charge in [-0.05, 0) is 18.9 Å². The van der Waals surface area contributed by atoms with Gasteiger partial charge in [0.1, 0.15) is 12.1 Å². The number of ether oxygens (including phenoxy) is 1. The van der Waals surface area contributed by atoms with Gasteiger partial charge in [0.15, 0.2) is 0 Å². The molecule has 4 heteroatoms. The summed E-state index contributed by atoms with van der Waals surface area (Å²) in [5, 5.41) is 3.20. The third-order valence-corrected chi connectivity index (χ3v) is 2.00. The molecule has 0 fully saturated rings. The van der Waals surface area contributed by atoms with Crippen molar-refractivity contribution in [2.75, 3.05) is 25.1 Å². The Labute approximate surface area is 91.1 Å². The van der Waals surface area contributed by atoms with Crippen LogP contribution < -0.4 is 5.32 Å². The first-order chi connectivity index (χ1) is 7.43. The van der Waals surface area contributed by atoms with Crippen LogP contribution in [0.15, 0.2) is 18.6 Å². The monoisotopic (exact) mass is 209 g/mol. The first-order valence-corrected chi connectivity index (χ1v) is 5.51. The van der Waals surface area contributed by atoms with Gasteiger partial charge in [-0.1, -0.05) is 13.3 Å². The summed E-state index contributed by atoms with van der Waals surface area (Å²) in [5.74, 6) is 0.874. The highest BCUT2D eigenvalue weighted by molar-refractivity contribution is 5.30. The second-order valence-electron chi connectivity index (χ2n) is 3.34. The largest absolute Gasteiger partial charge is 0.381 e. The van der Waals surface area contributed by atoms with Crippen LogP contribution >= 0.6 is 0 Å². The second-order valence-corrected chi connectivity index (χ2v) is 3.34. The van der Waals surface area contributed by atoms with Gasteiger partial charge >= 0.3 is 0 Å². The van der Waals surface area contributed by atoms with Crippen LogP contribution in [0.4, 0.5) is 5.82 Å². The zero-order chi connectivity index (χ0) is 10.8. The maximum Gasteiger partial charge on any atom is 0.129 e. The summed E-state index contributed by atoms with van der Waals surface area (Å²) in [4.78, 5) is 7.91. The predicted octanol–water partition coefficient (Wildman–Crippen LogP) is 2.10. The molecular weight excluding hydrogens is 190 g/mol. The molecule has 0 bridgehead atoms. The first-order valence-electron chi connectivity index (χ1n) is 5.51. The van der Waals surface area contributed by atoms with E-state index in [2.05, 4.69) is 22.2 Å². The van der Waals surface area contributed by atoms with Gasteiger partial charge in [0.25, 0.3) is 0 Å². The molecule has 0 saturated carbocycles. The molecule has 15 heavy (non-hydrogen) atoms. The Morgan fingerprint density at radius 1 is 1.33 bits per heavy atom. The van der Waals surface area contributed by atoms with Crippen molar-refractivity contribution in [3.63, 3.8) is 0 Å². The smallest absolute Gasteiger partial charge is 0.129 e. The third-order valence-electron chi connectivity index (χ3n) is 2.00. The Balaban J connectivity index is 1.93. The molecular formula is C11H19N3O. The molecule has 0 aliphatic carbocycles. The summed E-state index contributed by atoms with van der Waals surface area (Å²) in [6.07, 6.45) is 6.62. The van der Waals surface area contributed by atoms with Gasteiger partial charge in [-0.2, -0.15) is 0 Å². The van der Waals surface area contributed by atoms with Crippen LogP contribution in [0, 0.1) is 0 Å². The van der Waals surface area contributed by atoms with Crippen molar-refractivity contribution in [2.45, 2.75) is 26.2 Å². The van der Waals surface area contributed by atoms with Crippen molar-refractivity contribution in [3.05, 3.63) is 18.6 Å². The number of nitrogens with one attached hydrogen (secondary N) is 1. The van der Waals surface area contributed by atoms with E-state index in [1.54, 1.807) is 12.5 Å². The number of anilines is 1. The highest BCUT2D eigenvalue weighted by Gasteiger charge is 1.91. The molecule has 1 aromatic rings. The maximum atomic E-state index is 5.44. The van der Waals surface area contributed by atoms with Crippen molar-refractivity contribution in [3.8, 4) is 0 Å². The van der Waals surface area contributed by atoms with Gasteiger partial charge in [-0.25, -0.2) is 9.97 Å². The van der Waals surface area contributed by atoms with Crippen LogP contribution in [0.3, 0.4) is 0 Å². The fourth-order valence-electron chi connectivity index (χ4n) is 1.13. The highest BCUT2D eigenvalue weighted by Crippen LogP contribution is 1.97. The zero-order valence-electron chi connectivity index (χ0n) is 9.28. The lowest BCUT2D eigenvalue weighted by molar-refractivity contribution is 0.131. The van der Waals surface area contributed by atoms with Gasteiger partial charge in [0, 0.05) is 26.0 Å². The summed E-state index contributed by atoms with van der Waals surface area (Å²) in [7, 11) is 0. The molecule has 1 heterocycles.